The topological polar surface area (TPSA) is 59.3 Å². The third kappa shape index (κ3) is 3.63. The van der Waals surface area contributed by atoms with Gasteiger partial charge in [-0.1, -0.05) is 0 Å². The molecule has 2 rings (SSSR count). The molecular weight excluding hydrogens is 377 g/mol. The molecule has 1 heterocycles. The van der Waals surface area contributed by atoms with Gasteiger partial charge in [-0.25, -0.2) is 4.98 Å². The van der Waals surface area contributed by atoms with E-state index in [1.165, 1.54) is 0 Å². The van der Waals surface area contributed by atoms with Gasteiger partial charge in [0, 0.05) is 41.2 Å². The molecule has 0 saturated heterocycles. The predicted molar refractivity (Wildman–Crippen MR) is 84.9 cm³/mol. The number of anilines is 1. The summed E-state index contributed by atoms with van der Waals surface area (Å²) in [7, 11) is 1.86. The Labute approximate surface area is 128 Å². The molecule has 0 bridgehead atoms. The van der Waals surface area contributed by atoms with Crippen molar-refractivity contribution in [2.45, 2.75) is 6.42 Å². The smallest absolute Gasteiger partial charge is 0.293 e. The van der Waals surface area contributed by atoms with E-state index in [-0.39, 0.29) is 10.6 Å². The van der Waals surface area contributed by atoms with Gasteiger partial charge in [0.2, 0.25) is 0 Å². The number of benzene rings is 1. The normalized spacial score (nSPS) is 10.4. The molecule has 0 aliphatic rings. The van der Waals surface area contributed by atoms with Crippen molar-refractivity contribution in [3.05, 3.63) is 48.5 Å². The summed E-state index contributed by atoms with van der Waals surface area (Å²) in [6.45, 7) is 0.703. The van der Waals surface area contributed by atoms with Crippen LogP contribution in [0.2, 0.25) is 0 Å². The van der Waals surface area contributed by atoms with E-state index in [4.69, 9.17) is 0 Å². The summed E-state index contributed by atoms with van der Waals surface area (Å²) in [5.74, 6) is 0. The van der Waals surface area contributed by atoms with Gasteiger partial charge in [-0.3, -0.25) is 10.1 Å². The van der Waals surface area contributed by atoms with Crippen molar-refractivity contribution in [1.82, 2.24) is 4.98 Å². The second kappa shape index (κ2) is 6.29. The van der Waals surface area contributed by atoms with Crippen LogP contribution in [0.15, 0.2) is 29.8 Å². The maximum absolute atomic E-state index is 11.1. The van der Waals surface area contributed by atoms with E-state index < -0.39 is 0 Å². The van der Waals surface area contributed by atoms with Crippen molar-refractivity contribution >= 4 is 45.3 Å². The van der Waals surface area contributed by atoms with Crippen LogP contribution in [0.3, 0.4) is 0 Å². The molecule has 100 valence electrons. The first kappa shape index (κ1) is 14.2. The summed E-state index contributed by atoms with van der Waals surface area (Å²) in [4.78, 5) is 16.8. The van der Waals surface area contributed by atoms with E-state index in [1.54, 1.807) is 29.7 Å². The minimum Gasteiger partial charge on any atom is -0.369 e. The molecule has 19 heavy (non-hydrogen) atoms. The lowest BCUT2D eigenvalue weighted by molar-refractivity contribution is -0.384. The van der Waals surface area contributed by atoms with Crippen LogP contribution in [0.4, 0.5) is 11.4 Å². The molecule has 0 aliphatic heterocycles. The van der Waals surface area contributed by atoms with Crippen molar-refractivity contribution in [3.8, 4) is 0 Å². The van der Waals surface area contributed by atoms with Crippen LogP contribution in [-0.2, 0) is 6.42 Å². The summed E-state index contributed by atoms with van der Waals surface area (Å²) >= 11 is 3.68. The van der Waals surface area contributed by atoms with Crippen LogP contribution in [-0.4, -0.2) is 23.5 Å². The Morgan fingerprint density at radius 1 is 1.53 bits per heavy atom. The number of thiazole rings is 1. The fourth-order valence-electron chi connectivity index (χ4n) is 1.73. The van der Waals surface area contributed by atoms with Crippen LogP contribution < -0.4 is 4.90 Å². The standard InChI is InChI=1S/C12H12IN3O2S/c1-15(6-4-12-14-5-7-19-12)10-3-2-9(13)8-11(10)16(17)18/h2-3,5,7-8H,4,6H2,1H3. The van der Waals surface area contributed by atoms with Gasteiger partial charge < -0.3 is 4.90 Å². The molecule has 7 heteroatoms. The quantitative estimate of drug-likeness (QED) is 0.447. The molecule has 0 fully saturated rings. The van der Waals surface area contributed by atoms with Crippen LogP contribution in [0.5, 0.6) is 0 Å². The fourth-order valence-corrected chi connectivity index (χ4v) is 2.81. The number of aromatic nitrogens is 1. The molecule has 5 nitrogen and oxygen atoms in total. The number of likely N-dealkylation sites (N-methyl/N-ethyl adjacent to an activating group) is 1. The number of hydrogen-bond donors (Lipinski definition) is 0. The highest BCUT2D eigenvalue weighted by molar-refractivity contribution is 14.1. The average molecular weight is 389 g/mol. The monoisotopic (exact) mass is 389 g/mol. The van der Waals surface area contributed by atoms with E-state index in [2.05, 4.69) is 27.6 Å². The molecule has 0 saturated carbocycles. The molecule has 0 aliphatic carbocycles. The molecule has 0 unspecified atom stereocenters. The van der Waals surface area contributed by atoms with Crippen molar-refractivity contribution in [2.24, 2.45) is 0 Å². The summed E-state index contributed by atoms with van der Waals surface area (Å²) in [6.07, 6.45) is 2.56. The molecule has 0 N–H and O–H groups in total. The third-order valence-corrected chi connectivity index (χ3v) is 4.20. The first-order valence-electron chi connectivity index (χ1n) is 5.61. The van der Waals surface area contributed by atoms with Crippen LogP contribution in [0.1, 0.15) is 5.01 Å². The zero-order valence-corrected chi connectivity index (χ0v) is 13.2. The maximum atomic E-state index is 11.1. The number of halogens is 1. The van der Waals surface area contributed by atoms with Crippen LogP contribution in [0.25, 0.3) is 0 Å². The molecule has 0 spiro atoms. The number of nitrogens with zero attached hydrogens (tertiary/aromatic N) is 3. The zero-order chi connectivity index (χ0) is 13.8. The lowest BCUT2D eigenvalue weighted by Crippen LogP contribution is -2.21. The first-order chi connectivity index (χ1) is 9.08. The van der Waals surface area contributed by atoms with E-state index in [0.717, 1.165) is 15.0 Å². The van der Waals surface area contributed by atoms with Gasteiger partial charge in [-0.05, 0) is 34.7 Å². The minimum absolute atomic E-state index is 0.147. The van der Waals surface area contributed by atoms with Gasteiger partial charge in [0.15, 0.2) is 0 Å². The summed E-state index contributed by atoms with van der Waals surface area (Å²) in [6, 6.07) is 5.26. The van der Waals surface area contributed by atoms with Crippen LogP contribution in [0, 0.1) is 13.7 Å². The van der Waals surface area contributed by atoms with Gasteiger partial charge in [-0.15, -0.1) is 11.3 Å². The predicted octanol–water partition coefficient (Wildman–Crippen LogP) is 3.33. The van der Waals surface area contributed by atoms with Crippen molar-refractivity contribution in [3.63, 3.8) is 0 Å². The number of nitro benzene ring substituents is 1. The Morgan fingerprint density at radius 3 is 2.95 bits per heavy atom. The zero-order valence-electron chi connectivity index (χ0n) is 10.2. The first-order valence-corrected chi connectivity index (χ1v) is 7.57. The Hall–Kier alpha value is -1.22. The highest BCUT2D eigenvalue weighted by Gasteiger charge is 2.17. The minimum atomic E-state index is -0.336. The van der Waals surface area contributed by atoms with E-state index in [1.807, 2.05) is 23.4 Å². The Bertz CT molecular complexity index is 574. The Kier molecular flexibility index (Phi) is 4.70. The largest absolute Gasteiger partial charge is 0.369 e. The van der Waals surface area contributed by atoms with Gasteiger partial charge in [0.25, 0.3) is 5.69 Å². The van der Waals surface area contributed by atoms with Gasteiger partial charge in [0.1, 0.15) is 5.69 Å². The van der Waals surface area contributed by atoms with E-state index in [9.17, 15) is 10.1 Å². The third-order valence-electron chi connectivity index (χ3n) is 2.69. The lowest BCUT2D eigenvalue weighted by atomic mass is 10.2. The number of hydrogen-bond acceptors (Lipinski definition) is 5. The molecule has 0 amide bonds. The number of rotatable bonds is 5. The maximum Gasteiger partial charge on any atom is 0.293 e. The molecule has 1 aromatic carbocycles. The highest BCUT2D eigenvalue weighted by atomic mass is 127. The van der Waals surface area contributed by atoms with Crippen molar-refractivity contribution < 1.29 is 4.92 Å². The lowest BCUT2D eigenvalue weighted by Gasteiger charge is -2.18. The summed E-state index contributed by atoms with van der Waals surface area (Å²) < 4.78 is 0.862. The fraction of sp³-hybridized carbons (Fsp3) is 0.250. The Balaban J connectivity index is 2.14. The second-order valence-electron chi connectivity index (χ2n) is 3.99. The van der Waals surface area contributed by atoms with Gasteiger partial charge >= 0.3 is 0 Å². The van der Waals surface area contributed by atoms with Crippen molar-refractivity contribution in [2.75, 3.05) is 18.5 Å². The highest BCUT2D eigenvalue weighted by Crippen LogP contribution is 2.29. The molecule has 0 atom stereocenters. The second-order valence-corrected chi connectivity index (χ2v) is 6.21. The molecule has 0 radical (unpaired) electrons. The molecule has 1 aromatic heterocycles. The van der Waals surface area contributed by atoms with E-state index in [0.29, 0.717) is 12.2 Å². The SMILES string of the molecule is CN(CCc1nccs1)c1ccc(I)cc1[N+](=O)[O-]. The van der Waals surface area contributed by atoms with E-state index >= 15 is 0 Å². The van der Waals surface area contributed by atoms with Crippen molar-refractivity contribution in [1.29, 1.82) is 0 Å². The van der Waals surface area contributed by atoms with Crippen LogP contribution >= 0.6 is 33.9 Å². The van der Waals surface area contributed by atoms with Gasteiger partial charge in [-0.2, -0.15) is 0 Å². The summed E-state index contributed by atoms with van der Waals surface area (Å²) in [5, 5.41) is 14.1. The molecular formula is C12H12IN3O2S. The molecule has 2 aromatic rings. The average Bonchev–Trinajstić information content (AvgIpc) is 2.88. The number of nitro groups is 1. The summed E-state index contributed by atoms with van der Waals surface area (Å²) in [5.41, 5.74) is 0.788. The van der Waals surface area contributed by atoms with Gasteiger partial charge in [0.05, 0.1) is 9.93 Å². The Morgan fingerprint density at radius 2 is 2.32 bits per heavy atom.